The molecular weight excluding hydrogens is 472 g/mol. The van der Waals surface area contributed by atoms with Gasteiger partial charge in [0.2, 0.25) is 5.75 Å². The third-order valence-corrected chi connectivity index (χ3v) is 5.20. The largest absolute Gasteiger partial charge is 0.493 e. The fourth-order valence-corrected chi connectivity index (χ4v) is 3.52. The van der Waals surface area contributed by atoms with E-state index in [1.54, 1.807) is 36.4 Å². The summed E-state index contributed by atoms with van der Waals surface area (Å²) in [7, 11) is 1.28. The number of methoxy groups -OCH3 is 1. The molecule has 2 amide bonds. The smallest absolute Gasteiger partial charge is 0.315 e. The molecule has 182 valence electrons. The number of carbonyl (C=O) groups excluding carboxylic acids is 2. The molecule has 12 heteroatoms. The summed E-state index contributed by atoms with van der Waals surface area (Å²) in [6.07, 6.45) is 1.22. The first-order valence-electron chi connectivity index (χ1n) is 10.4. The van der Waals surface area contributed by atoms with Gasteiger partial charge < -0.3 is 9.47 Å². The standard InChI is InChI=1S/C24H18N4O8/c1-35-21-13-16(11-19-23(29)25-26(24(19)30)17-7-3-2-4-8-17)12-20(28(33)34)22(21)36-14-15-6-5-9-18(10-15)27(31)32/h2-13H,14H2,1H3,(H,25,29). The SMILES string of the molecule is COc1cc(C=C2C(=O)NN(c3ccccc3)C2=O)cc([N+](=O)[O-])c1OCc1cccc([N+](=O)[O-])c1. The van der Waals surface area contributed by atoms with E-state index < -0.39 is 27.3 Å². The summed E-state index contributed by atoms with van der Waals surface area (Å²) in [5, 5.41) is 23.9. The van der Waals surface area contributed by atoms with Crippen molar-refractivity contribution in [3.05, 3.63) is 104 Å². The molecule has 0 spiro atoms. The Morgan fingerprint density at radius 1 is 0.972 bits per heavy atom. The highest BCUT2D eigenvalue weighted by molar-refractivity contribution is 6.31. The van der Waals surface area contributed by atoms with Gasteiger partial charge in [-0.15, -0.1) is 0 Å². The number of hydrogen-bond acceptors (Lipinski definition) is 8. The number of hydrazine groups is 1. The maximum absolute atomic E-state index is 12.8. The van der Waals surface area contributed by atoms with Crippen molar-refractivity contribution in [2.75, 3.05) is 12.1 Å². The molecule has 0 saturated carbocycles. The van der Waals surface area contributed by atoms with Gasteiger partial charge in [0.15, 0.2) is 5.75 Å². The second-order valence-electron chi connectivity index (χ2n) is 7.52. The summed E-state index contributed by atoms with van der Waals surface area (Å²) in [4.78, 5) is 46.8. The van der Waals surface area contributed by atoms with Crippen molar-refractivity contribution in [1.29, 1.82) is 0 Å². The van der Waals surface area contributed by atoms with Crippen molar-refractivity contribution in [3.8, 4) is 11.5 Å². The van der Waals surface area contributed by atoms with Crippen LogP contribution in [0.3, 0.4) is 0 Å². The highest BCUT2D eigenvalue weighted by Crippen LogP contribution is 2.39. The lowest BCUT2D eigenvalue weighted by atomic mass is 10.1. The molecule has 4 rings (SSSR count). The zero-order valence-electron chi connectivity index (χ0n) is 18.7. The number of ether oxygens (including phenoxy) is 2. The normalized spacial score (nSPS) is 14.0. The number of hydrogen-bond donors (Lipinski definition) is 1. The first-order chi connectivity index (χ1) is 17.3. The minimum Gasteiger partial charge on any atom is -0.493 e. The zero-order chi connectivity index (χ0) is 25.8. The van der Waals surface area contributed by atoms with Crippen LogP contribution in [0.15, 0.2) is 72.3 Å². The molecule has 1 aliphatic rings. The molecule has 1 fully saturated rings. The lowest BCUT2D eigenvalue weighted by Crippen LogP contribution is -2.35. The number of nitrogens with zero attached hydrogens (tertiary/aromatic N) is 3. The summed E-state index contributed by atoms with van der Waals surface area (Å²) in [5.41, 5.74) is 2.64. The lowest BCUT2D eigenvalue weighted by Gasteiger charge is -2.14. The number of nitro groups is 2. The monoisotopic (exact) mass is 490 g/mol. The Morgan fingerprint density at radius 2 is 1.72 bits per heavy atom. The van der Waals surface area contributed by atoms with Crippen LogP contribution in [0.25, 0.3) is 6.08 Å². The molecule has 3 aromatic rings. The van der Waals surface area contributed by atoms with Crippen LogP contribution in [-0.4, -0.2) is 28.8 Å². The van der Waals surface area contributed by atoms with Gasteiger partial charge in [-0.2, -0.15) is 0 Å². The van der Waals surface area contributed by atoms with Crippen molar-refractivity contribution in [1.82, 2.24) is 5.43 Å². The van der Waals surface area contributed by atoms with E-state index in [9.17, 15) is 29.8 Å². The Kier molecular flexibility index (Phi) is 6.59. The second-order valence-corrected chi connectivity index (χ2v) is 7.52. The van der Waals surface area contributed by atoms with Crippen LogP contribution < -0.4 is 19.9 Å². The van der Waals surface area contributed by atoms with Crippen LogP contribution in [0.5, 0.6) is 11.5 Å². The highest BCUT2D eigenvalue weighted by Gasteiger charge is 2.34. The Labute approximate surface area is 203 Å². The topological polar surface area (TPSA) is 154 Å². The number of non-ortho nitro benzene ring substituents is 1. The van der Waals surface area contributed by atoms with E-state index in [0.717, 1.165) is 11.1 Å². The summed E-state index contributed by atoms with van der Waals surface area (Å²) in [6.45, 7) is -0.202. The first kappa shape index (κ1) is 23.9. The summed E-state index contributed by atoms with van der Waals surface area (Å²) < 4.78 is 10.9. The Morgan fingerprint density at radius 3 is 2.39 bits per heavy atom. The van der Waals surface area contributed by atoms with Crippen LogP contribution in [0, 0.1) is 20.2 Å². The van der Waals surface area contributed by atoms with Gasteiger partial charge in [0.1, 0.15) is 12.2 Å². The van der Waals surface area contributed by atoms with Crippen molar-refractivity contribution in [3.63, 3.8) is 0 Å². The lowest BCUT2D eigenvalue weighted by molar-refractivity contribution is -0.386. The number of amides is 2. The van der Waals surface area contributed by atoms with Gasteiger partial charge in [0.25, 0.3) is 17.5 Å². The van der Waals surface area contributed by atoms with Crippen molar-refractivity contribution >= 4 is 35.0 Å². The Balaban J connectivity index is 1.66. The fraction of sp³-hybridized carbons (Fsp3) is 0.0833. The van der Waals surface area contributed by atoms with Crippen LogP contribution in [-0.2, 0) is 16.2 Å². The van der Waals surface area contributed by atoms with Gasteiger partial charge in [0.05, 0.1) is 22.6 Å². The number of para-hydroxylation sites is 1. The van der Waals surface area contributed by atoms with Gasteiger partial charge >= 0.3 is 5.69 Å². The van der Waals surface area contributed by atoms with Crippen LogP contribution >= 0.6 is 0 Å². The average molecular weight is 490 g/mol. The molecule has 36 heavy (non-hydrogen) atoms. The Hall–Kier alpha value is -5.26. The van der Waals surface area contributed by atoms with E-state index in [2.05, 4.69) is 5.43 Å². The van der Waals surface area contributed by atoms with Crippen LogP contribution in [0.2, 0.25) is 0 Å². The molecule has 0 radical (unpaired) electrons. The molecular formula is C24H18N4O8. The van der Waals surface area contributed by atoms with E-state index in [1.807, 2.05) is 0 Å². The number of carbonyl (C=O) groups is 2. The number of nitro benzene ring substituents is 2. The molecule has 12 nitrogen and oxygen atoms in total. The summed E-state index contributed by atoms with van der Waals surface area (Å²) in [6, 6.07) is 16.6. The molecule has 0 unspecified atom stereocenters. The number of anilines is 1. The van der Waals surface area contributed by atoms with Crippen molar-refractivity contribution in [2.45, 2.75) is 6.61 Å². The molecule has 0 atom stereocenters. The van der Waals surface area contributed by atoms with Gasteiger partial charge in [0, 0.05) is 18.2 Å². The second kappa shape index (κ2) is 9.93. The number of benzene rings is 3. The maximum Gasteiger partial charge on any atom is 0.315 e. The molecule has 0 aromatic heterocycles. The van der Waals surface area contributed by atoms with E-state index in [4.69, 9.17) is 9.47 Å². The first-order valence-corrected chi connectivity index (χ1v) is 10.4. The predicted octanol–water partition coefficient (Wildman–Crippen LogP) is 3.55. The van der Waals surface area contributed by atoms with Gasteiger partial charge in [-0.3, -0.25) is 35.2 Å². The van der Waals surface area contributed by atoms with E-state index in [-0.39, 0.29) is 34.9 Å². The third kappa shape index (κ3) is 4.82. The van der Waals surface area contributed by atoms with E-state index >= 15 is 0 Å². The molecule has 0 bridgehead atoms. The molecule has 1 N–H and O–H groups in total. The average Bonchev–Trinajstić information content (AvgIpc) is 3.16. The molecule has 3 aromatic carbocycles. The minimum absolute atomic E-state index is 0.0211. The highest BCUT2D eigenvalue weighted by atomic mass is 16.6. The van der Waals surface area contributed by atoms with Gasteiger partial charge in [-0.05, 0) is 35.4 Å². The minimum atomic E-state index is -0.694. The van der Waals surface area contributed by atoms with Gasteiger partial charge in [-0.25, -0.2) is 5.01 Å². The number of rotatable bonds is 8. The molecule has 1 aliphatic heterocycles. The van der Waals surface area contributed by atoms with Crippen molar-refractivity contribution in [2.24, 2.45) is 0 Å². The van der Waals surface area contributed by atoms with Gasteiger partial charge in [-0.1, -0.05) is 30.3 Å². The molecule has 1 saturated heterocycles. The molecule has 1 heterocycles. The van der Waals surface area contributed by atoms with Crippen LogP contribution in [0.1, 0.15) is 11.1 Å². The fourth-order valence-electron chi connectivity index (χ4n) is 3.52. The van der Waals surface area contributed by atoms with Crippen molar-refractivity contribution < 1.29 is 28.9 Å². The summed E-state index contributed by atoms with van der Waals surface area (Å²) in [5.74, 6) is -1.52. The molecule has 0 aliphatic carbocycles. The summed E-state index contributed by atoms with van der Waals surface area (Å²) >= 11 is 0. The predicted molar refractivity (Wildman–Crippen MR) is 127 cm³/mol. The van der Waals surface area contributed by atoms with E-state index in [1.165, 1.54) is 37.5 Å². The number of nitrogens with one attached hydrogen (secondary N) is 1. The quantitative estimate of drug-likeness (QED) is 0.218. The third-order valence-electron chi connectivity index (χ3n) is 5.20. The van der Waals surface area contributed by atoms with E-state index in [0.29, 0.717) is 11.3 Å². The zero-order valence-corrected chi connectivity index (χ0v) is 18.7. The Bertz CT molecular complexity index is 1400. The van der Waals surface area contributed by atoms with Crippen LogP contribution in [0.4, 0.5) is 17.1 Å². The maximum atomic E-state index is 12.8.